The molecule has 0 bridgehead atoms. The molecule has 1 aliphatic heterocycles. The Hall–Kier alpha value is -2.07. The maximum atomic E-state index is 12.6. The van der Waals surface area contributed by atoms with Gasteiger partial charge in [-0.05, 0) is 43.2 Å². The Bertz CT molecular complexity index is 736. The maximum Gasteiger partial charge on any atom is 0.268 e. The first kappa shape index (κ1) is 15.8. The van der Waals surface area contributed by atoms with Gasteiger partial charge in [0, 0.05) is 4.47 Å². The van der Waals surface area contributed by atoms with Crippen LogP contribution in [-0.2, 0) is 16.2 Å². The molecule has 0 aliphatic carbocycles. The Morgan fingerprint density at radius 1 is 1.09 bits per heavy atom. The number of hydrogen-bond donors (Lipinski definition) is 0. The van der Waals surface area contributed by atoms with E-state index in [1.54, 1.807) is 0 Å². The van der Waals surface area contributed by atoms with Gasteiger partial charge in [-0.25, -0.2) is 0 Å². The smallest absolute Gasteiger partial charge is 0.268 e. The van der Waals surface area contributed by atoms with E-state index in [0.717, 1.165) is 15.6 Å². The summed E-state index contributed by atoms with van der Waals surface area (Å²) in [6.07, 6.45) is 1.93. The van der Waals surface area contributed by atoms with Crippen LogP contribution in [0.25, 0.3) is 6.08 Å². The van der Waals surface area contributed by atoms with Gasteiger partial charge in [0.2, 0.25) is 0 Å². The molecule has 1 fully saturated rings. The largest absolute Gasteiger partial charge is 0.380 e. The monoisotopic (exact) mass is 371 g/mol. The second-order valence-corrected chi connectivity index (χ2v) is 7.02. The van der Waals surface area contributed by atoms with E-state index in [0.29, 0.717) is 12.3 Å². The highest BCUT2D eigenvalue weighted by molar-refractivity contribution is 9.10. The normalized spacial score (nSPS) is 18.3. The third-order valence-corrected chi connectivity index (χ3v) is 4.45. The second-order valence-electron chi connectivity index (χ2n) is 6.10. The Kier molecular flexibility index (Phi) is 4.26. The van der Waals surface area contributed by atoms with Crippen molar-refractivity contribution in [2.45, 2.75) is 20.4 Å². The molecule has 2 aromatic rings. The van der Waals surface area contributed by atoms with E-state index in [2.05, 4.69) is 15.9 Å². The molecule has 4 heteroatoms. The fourth-order valence-electron chi connectivity index (χ4n) is 2.46. The van der Waals surface area contributed by atoms with E-state index in [1.807, 2.05) is 74.5 Å². The number of nitrogens with zero attached hydrogens (tertiary/aromatic N) is 1. The van der Waals surface area contributed by atoms with Gasteiger partial charge in [-0.2, -0.15) is 5.06 Å². The molecule has 1 saturated heterocycles. The van der Waals surface area contributed by atoms with Crippen molar-refractivity contribution in [3.8, 4) is 0 Å². The molecule has 0 unspecified atom stereocenters. The number of hydrogen-bond acceptors (Lipinski definition) is 2. The molecular formula is C19H18BrNO2. The topological polar surface area (TPSA) is 29.5 Å². The summed E-state index contributed by atoms with van der Waals surface area (Å²) in [6.45, 7) is 4.22. The average molecular weight is 372 g/mol. The number of benzene rings is 2. The molecule has 1 aliphatic rings. The Morgan fingerprint density at radius 2 is 1.74 bits per heavy atom. The summed E-state index contributed by atoms with van der Waals surface area (Å²) in [7, 11) is 0. The third kappa shape index (κ3) is 3.32. The quantitative estimate of drug-likeness (QED) is 0.775. The van der Waals surface area contributed by atoms with Gasteiger partial charge in [0.1, 0.15) is 11.2 Å². The summed E-state index contributed by atoms with van der Waals surface area (Å²) in [5, 5.41) is 1.44. The van der Waals surface area contributed by atoms with Crippen LogP contribution >= 0.6 is 15.9 Å². The second kappa shape index (κ2) is 6.20. The van der Waals surface area contributed by atoms with Crippen molar-refractivity contribution in [2.75, 3.05) is 0 Å². The minimum atomic E-state index is -0.662. The van der Waals surface area contributed by atoms with E-state index in [1.165, 1.54) is 5.06 Å². The summed E-state index contributed by atoms with van der Waals surface area (Å²) in [4.78, 5) is 18.5. The third-order valence-electron chi connectivity index (χ3n) is 3.92. The number of amides is 1. The molecule has 0 spiro atoms. The van der Waals surface area contributed by atoms with E-state index < -0.39 is 5.41 Å². The predicted octanol–water partition coefficient (Wildman–Crippen LogP) is 4.79. The van der Waals surface area contributed by atoms with Gasteiger partial charge in [0.25, 0.3) is 5.91 Å². The van der Waals surface area contributed by atoms with Gasteiger partial charge in [0.05, 0.1) is 6.54 Å². The molecule has 2 aromatic carbocycles. The van der Waals surface area contributed by atoms with Gasteiger partial charge in [-0.3, -0.25) is 4.79 Å². The summed E-state index contributed by atoms with van der Waals surface area (Å²) < 4.78 is 1.01. The minimum absolute atomic E-state index is 0.0254. The van der Waals surface area contributed by atoms with E-state index in [-0.39, 0.29) is 5.91 Å². The Balaban J connectivity index is 1.83. The van der Waals surface area contributed by atoms with Crippen LogP contribution in [0.15, 0.2) is 64.8 Å². The first-order valence-corrected chi connectivity index (χ1v) is 8.28. The molecule has 0 saturated carbocycles. The molecule has 0 aromatic heterocycles. The lowest BCUT2D eigenvalue weighted by Crippen LogP contribution is -2.30. The minimum Gasteiger partial charge on any atom is -0.380 e. The molecule has 23 heavy (non-hydrogen) atoms. The highest BCUT2D eigenvalue weighted by Crippen LogP contribution is 2.39. The molecule has 118 valence electrons. The van der Waals surface area contributed by atoms with Crippen LogP contribution in [0.1, 0.15) is 25.0 Å². The van der Waals surface area contributed by atoms with Crippen molar-refractivity contribution in [3.05, 3.63) is 76.0 Å². The van der Waals surface area contributed by atoms with E-state index in [4.69, 9.17) is 4.84 Å². The average Bonchev–Trinajstić information content (AvgIpc) is 2.74. The maximum absolute atomic E-state index is 12.6. The van der Waals surface area contributed by atoms with Crippen molar-refractivity contribution in [1.82, 2.24) is 5.06 Å². The van der Waals surface area contributed by atoms with E-state index in [9.17, 15) is 4.79 Å². The zero-order valence-electron chi connectivity index (χ0n) is 13.1. The first-order chi connectivity index (χ1) is 11.0. The van der Waals surface area contributed by atoms with E-state index >= 15 is 0 Å². The fourth-order valence-corrected chi connectivity index (χ4v) is 2.72. The Labute approximate surface area is 144 Å². The highest BCUT2D eigenvalue weighted by Gasteiger charge is 2.45. The van der Waals surface area contributed by atoms with Crippen molar-refractivity contribution < 1.29 is 9.63 Å². The molecule has 1 heterocycles. The molecule has 0 radical (unpaired) electrons. The number of carbonyl (C=O) groups excluding carboxylic acids is 1. The van der Waals surface area contributed by atoms with Crippen LogP contribution in [0.5, 0.6) is 0 Å². The van der Waals surface area contributed by atoms with Gasteiger partial charge in [-0.1, -0.05) is 58.4 Å². The number of halogens is 1. The molecule has 1 amide bonds. The van der Waals surface area contributed by atoms with Crippen LogP contribution in [-0.4, -0.2) is 11.0 Å². The van der Waals surface area contributed by atoms with Gasteiger partial charge >= 0.3 is 0 Å². The van der Waals surface area contributed by atoms with Gasteiger partial charge in [0.15, 0.2) is 0 Å². The standard InChI is InChI=1S/C19H18BrNO2/c1-19(2)17(12-14-6-4-3-5-7-14)23-21(18(19)22)13-15-8-10-16(20)11-9-15/h3-12H,13H2,1-2H3/b17-12+. The van der Waals surface area contributed by atoms with Gasteiger partial charge < -0.3 is 4.84 Å². The zero-order chi connectivity index (χ0) is 16.4. The van der Waals surface area contributed by atoms with Gasteiger partial charge in [-0.15, -0.1) is 0 Å². The molecule has 0 N–H and O–H groups in total. The molecular weight excluding hydrogens is 354 g/mol. The van der Waals surface area contributed by atoms with Crippen LogP contribution in [0, 0.1) is 5.41 Å². The lowest BCUT2D eigenvalue weighted by atomic mass is 9.89. The van der Waals surface area contributed by atoms with Crippen LogP contribution in [0.3, 0.4) is 0 Å². The summed E-state index contributed by atoms with van der Waals surface area (Å²) in [5.74, 6) is 0.647. The van der Waals surface area contributed by atoms with Crippen molar-refractivity contribution in [3.63, 3.8) is 0 Å². The number of rotatable bonds is 3. The predicted molar refractivity (Wildman–Crippen MR) is 94.0 cm³/mol. The highest BCUT2D eigenvalue weighted by atomic mass is 79.9. The SMILES string of the molecule is CC1(C)C(=O)N(Cc2ccc(Br)cc2)O/C1=C/c1ccccc1. The van der Waals surface area contributed by atoms with Crippen LogP contribution < -0.4 is 0 Å². The Morgan fingerprint density at radius 3 is 2.39 bits per heavy atom. The molecule has 3 rings (SSSR count). The lowest BCUT2D eigenvalue weighted by Gasteiger charge is -2.15. The summed E-state index contributed by atoms with van der Waals surface area (Å²) in [5.41, 5.74) is 1.39. The van der Waals surface area contributed by atoms with Crippen molar-refractivity contribution >= 4 is 27.9 Å². The summed E-state index contributed by atoms with van der Waals surface area (Å²) in [6, 6.07) is 17.8. The van der Waals surface area contributed by atoms with Crippen LogP contribution in [0.2, 0.25) is 0 Å². The fraction of sp³-hybridized carbons (Fsp3) is 0.211. The number of hydroxylamine groups is 2. The van der Waals surface area contributed by atoms with Crippen molar-refractivity contribution in [1.29, 1.82) is 0 Å². The first-order valence-electron chi connectivity index (χ1n) is 7.48. The van der Waals surface area contributed by atoms with Crippen LogP contribution in [0.4, 0.5) is 0 Å². The summed E-state index contributed by atoms with van der Waals surface area (Å²) >= 11 is 3.41. The number of carbonyl (C=O) groups is 1. The molecule has 3 nitrogen and oxygen atoms in total. The zero-order valence-corrected chi connectivity index (χ0v) is 14.7. The molecule has 0 atom stereocenters. The van der Waals surface area contributed by atoms with Crippen molar-refractivity contribution in [2.24, 2.45) is 5.41 Å². The lowest BCUT2D eigenvalue weighted by molar-refractivity contribution is -0.159.